The van der Waals surface area contributed by atoms with Crippen LogP contribution in [0.3, 0.4) is 0 Å². The molecule has 0 saturated carbocycles. The third-order valence-corrected chi connectivity index (χ3v) is 4.53. The molecular weight excluding hydrogens is 335 g/mol. The summed E-state index contributed by atoms with van der Waals surface area (Å²) in [5.41, 5.74) is 1.04. The molecule has 0 aliphatic rings. The molecule has 3 aromatic carbocycles. The van der Waals surface area contributed by atoms with E-state index in [1.807, 2.05) is 54.6 Å². The van der Waals surface area contributed by atoms with Crippen molar-refractivity contribution in [2.75, 3.05) is 17.2 Å². The highest BCUT2D eigenvalue weighted by Gasteiger charge is 2.09. The molecule has 1 amide bonds. The summed E-state index contributed by atoms with van der Waals surface area (Å²) < 4.78 is 13.6. The van der Waals surface area contributed by atoms with E-state index in [1.165, 1.54) is 6.07 Å². The van der Waals surface area contributed by atoms with Crippen LogP contribution in [0.5, 0.6) is 0 Å². The first-order valence-electron chi connectivity index (χ1n) is 7.82. The zero-order valence-electron chi connectivity index (χ0n) is 13.4. The highest BCUT2D eigenvalue weighted by Crippen LogP contribution is 2.33. The van der Waals surface area contributed by atoms with Gasteiger partial charge in [0, 0.05) is 9.79 Å². The van der Waals surface area contributed by atoms with Gasteiger partial charge in [0.1, 0.15) is 5.82 Å². The number of carbonyl (C=O) groups is 1. The van der Waals surface area contributed by atoms with Crippen LogP contribution in [-0.2, 0) is 4.79 Å². The van der Waals surface area contributed by atoms with Crippen molar-refractivity contribution in [2.45, 2.75) is 9.79 Å². The summed E-state index contributed by atoms with van der Waals surface area (Å²) in [6.07, 6.45) is 0. The van der Waals surface area contributed by atoms with E-state index < -0.39 is 0 Å². The minimum atomic E-state index is -0.379. The number of halogens is 1. The predicted molar refractivity (Wildman–Crippen MR) is 101 cm³/mol. The molecule has 3 nitrogen and oxygen atoms in total. The van der Waals surface area contributed by atoms with Crippen molar-refractivity contribution in [3.63, 3.8) is 0 Å². The third kappa shape index (κ3) is 4.84. The maximum absolute atomic E-state index is 13.6. The van der Waals surface area contributed by atoms with Gasteiger partial charge in [-0.2, -0.15) is 0 Å². The molecule has 3 aromatic rings. The van der Waals surface area contributed by atoms with Crippen molar-refractivity contribution in [1.29, 1.82) is 0 Å². The Morgan fingerprint density at radius 1 is 0.840 bits per heavy atom. The first-order valence-corrected chi connectivity index (χ1v) is 8.64. The summed E-state index contributed by atoms with van der Waals surface area (Å²) in [5.74, 6) is -0.611. The number of amides is 1. The Morgan fingerprint density at radius 2 is 1.48 bits per heavy atom. The largest absolute Gasteiger partial charge is 0.374 e. The van der Waals surface area contributed by atoms with Crippen LogP contribution in [0.25, 0.3) is 0 Å². The van der Waals surface area contributed by atoms with Gasteiger partial charge in [-0.3, -0.25) is 4.79 Å². The maximum Gasteiger partial charge on any atom is 0.243 e. The smallest absolute Gasteiger partial charge is 0.243 e. The number of carbonyl (C=O) groups excluding carboxylic acids is 1. The predicted octanol–water partition coefficient (Wildman–Crippen LogP) is 5.03. The summed E-state index contributed by atoms with van der Waals surface area (Å²) in [4.78, 5) is 14.2. The molecule has 0 radical (unpaired) electrons. The van der Waals surface area contributed by atoms with Gasteiger partial charge < -0.3 is 10.6 Å². The van der Waals surface area contributed by atoms with E-state index in [0.29, 0.717) is 5.69 Å². The quantitative estimate of drug-likeness (QED) is 0.654. The molecule has 2 N–H and O–H groups in total. The second kappa shape index (κ2) is 8.35. The van der Waals surface area contributed by atoms with Gasteiger partial charge in [-0.1, -0.05) is 54.2 Å². The summed E-state index contributed by atoms with van der Waals surface area (Å²) in [6, 6.07) is 23.8. The first-order chi connectivity index (χ1) is 12.2. The Hall–Kier alpha value is -2.79. The molecule has 0 atom stereocenters. The molecular formula is C20H17FN2OS. The zero-order chi connectivity index (χ0) is 17.5. The monoisotopic (exact) mass is 352 g/mol. The summed E-state index contributed by atoms with van der Waals surface area (Å²) >= 11 is 1.58. The highest BCUT2D eigenvalue weighted by molar-refractivity contribution is 7.99. The average Bonchev–Trinajstić information content (AvgIpc) is 2.64. The Bertz CT molecular complexity index is 855. The van der Waals surface area contributed by atoms with Crippen LogP contribution in [0.15, 0.2) is 88.7 Å². The molecule has 0 unspecified atom stereocenters. The summed E-state index contributed by atoms with van der Waals surface area (Å²) in [5, 5.41) is 5.68. The molecule has 0 spiro atoms. The molecule has 5 heteroatoms. The third-order valence-electron chi connectivity index (χ3n) is 3.45. The molecule has 0 aliphatic carbocycles. The van der Waals surface area contributed by atoms with Gasteiger partial charge in [-0.25, -0.2) is 4.39 Å². The first kappa shape index (κ1) is 17.0. The molecule has 0 aromatic heterocycles. The Kier molecular flexibility index (Phi) is 5.69. The van der Waals surface area contributed by atoms with Gasteiger partial charge in [0.05, 0.1) is 17.9 Å². The fraction of sp³-hybridized carbons (Fsp3) is 0.0500. The zero-order valence-corrected chi connectivity index (χ0v) is 14.2. The SMILES string of the molecule is O=C(CNc1ccccc1F)Nc1ccccc1Sc1ccccc1. The molecule has 25 heavy (non-hydrogen) atoms. The Balaban J connectivity index is 1.64. The highest BCUT2D eigenvalue weighted by atomic mass is 32.2. The average molecular weight is 352 g/mol. The topological polar surface area (TPSA) is 41.1 Å². The molecule has 0 saturated heterocycles. The van der Waals surface area contributed by atoms with Crippen LogP contribution in [0, 0.1) is 5.82 Å². The Labute approximate surface area is 150 Å². The van der Waals surface area contributed by atoms with Gasteiger partial charge in [0.25, 0.3) is 0 Å². The van der Waals surface area contributed by atoms with Crippen molar-refractivity contribution < 1.29 is 9.18 Å². The van der Waals surface area contributed by atoms with Crippen LogP contribution in [0.2, 0.25) is 0 Å². The van der Waals surface area contributed by atoms with Crippen molar-refractivity contribution in [2.24, 2.45) is 0 Å². The lowest BCUT2D eigenvalue weighted by Gasteiger charge is -2.12. The van der Waals surface area contributed by atoms with Crippen molar-refractivity contribution in [3.05, 3.63) is 84.7 Å². The number of anilines is 2. The van der Waals surface area contributed by atoms with Gasteiger partial charge in [0.2, 0.25) is 5.91 Å². The maximum atomic E-state index is 13.6. The van der Waals surface area contributed by atoms with E-state index in [1.54, 1.807) is 30.0 Å². The number of para-hydroxylation sites is 2. The van der Waals surface area contributed by atoms with E-state index >= 15 is 0 Å². The van der Waals surface area contributed by atoms with Crippen LogP contribution >= 0.6 is 11.8 Å². The lowest BCUT2D eigenvalue weighted by atomic mass is 10.3. The van der Waals surface area contributed by atoms with Crippen molar-refractivity contribution >= 4 is 29.0 Å². The molecule has 0 heterocycles. The minimum Gasteiger partial charge on any atom is -0.374 e. The normalized spacial score (nSPS) is 10.3. The molecule has 0 bridgehead atoms. The second-order valence-electron chi connectivity index (χ2n) is 5.29. The molecule has 3 rings (SSSR count). The fourth-order valence-corrected chi connectivity index (χ4v) is 3.17. The standard InChI is InChI=1S/C20H17FN2OS/c21-16-10-4-5-11-17(16)22-14-20(24)23-18-12-6-7-13-19(18)25-15-8-2-1-3-9-15/h1-13,22H,14H2,(H,23,24). The van der Waals surface area contributed by atoms with E-state index in [4.69, 9.17) is 0 Å². The van der Waals surface area contributed by atoms with Gasteiger partial charge in [0.15, 0.2) is 0 Å². The van der Waals surface area contributed by atoms with E-state index in [9.17, 15) is 9.18 Å². The van der Waals surface area contributed by atoms with Gasteiger partial charge in [-0.15, -0.1) is 0 Å². The van der Waals surface area contributed by atoms with E-state index in [2.05, 4.69) is 10.6 Å². The number of hydrogen-bond acceptors (Lipinski definition) is 3. The number of nitrogens with one attached hydrogen (secondary N) is 2. The molecule has 0 fully saturated rings. The van der Waals surface area contributed by atoms with Crippen molar-refractivity contribution in [3.8, 4) is 0 Å². The van der Waals surface area contributed by atoms with Gasteiger partial charge >= 0.3 is 0 Å². The lowest BCUT2D eigenvalue weighted by molar-refractivity contribution is -0.114. The van der Waals surface area contributed by atoms with Crippen LogP contribution < -0.4 is 10.6 Å². The van der Waals surface area contributed by atoms with E-state index in [-0.39, 0.29) is 18.3 Å². The molecule has 126 valence electrons. The fourth-order valence-electron chi connectivity index (χ4n) is 2.25. The van der Waals surface area contributed by atoms with Crippen LogP contribution in [0.1, 0.15) is 0 Å². The summed E-state index contributed by atoms with van der Waals surface area (Å²) in [6.45, 7) is -0.00866. The number of rotatable bonds is 6. The van der Waals surface area contributed by atoms with E-state index in [0.717, 1.165) is 15.5 Å². The van der Waals surface area contributed by atoms with Crippen molar-refractivity contribution in [1.82, 2.24) is 0 Å². The van der Waals surface area contributed by atoms with Crippen LogP contribution in [0.4, 0.5) is 15.8 Å². The summed E-state index contributed by atoms with van der Waals surface area (Å²) in [7, 11) is 0. The Morgan fingerprint density at radius 3 is 2.24 bits per heavy atom. The lowest BCUT2D eigenvalue weighted by Crippen LogP contribution is -2.22. The van der Waals surface area contributed by atoms with Gasteiger partial charge in [-0.05, 0) is 36.4 Å². The minimum absolute atomic E-state index is 0.00866. The van der Waals surface area contributed by atoms with Crippen LogP contribution in [-0.4, -0.2) is 12.5 Å². The second-order valence-corrected chi connectivity index (χ2v) is 6.41. The molecule has 0 aliphatic heterocycles. The number of benzene rings is 3. The number of hydrogen-bond donors (Lipinski definition) is 2.